The van der Waals surface area contributed by atoms with Gasteiger partial charge in [0, 0.05) is 6.20 Å². The lowest BCUT2D eigenvalue weighted by Gasteiger charge is -2.04. The number of amidine groups is 1. The smallest absolute Gasteiger partial charge is 0.263 e. The summed E-state index contributed by atoms with van der Waals surface area (Å²) in [6.45, 7) is 7.01. The van der Waals surface area contributed by atoms with Gasteiger partial charge in [-0.05, 0) is 6.08 Å². The van der Waals surface area contributed by atoms with Crippen LogP contribution in [0.4, 0.5) is 5.95 Å². The first-order valence-electron chi connectivity index (χ1n) is 6.35. The Balaban J connectivity index is 2.95. The maximum atomic E-state index is 7.07. The van der Waals surface area contributed by atoms with Gasteiger partial charge in [0.15, 0.2) is 5.84 Å². The van der Waals surface area contributed by atoms with Gasteiger partial charge in [-0.3, -0.25) is 5.41 Å². The molecule has 0 aliphatic heterocycles. The Bertz CT molecular complexity index is 748. The Hall–Kier alpha value is -3.96. The standard InChI is InChI=1S/C12H18N12/c1-3-4-5-18-11(17)24-6-19-12(23-24)22-21-8(7(2)13)9(14)20-10(15)16/h3-6H,1-2,13H2,(H2,17,18)(H,22,23)(H5,14,15,16,20)/b5-4-,21-8?. The number of nitrogens with one attached hydrogen (secondary N) is 2. The van der Waals surface area contributed by atoms with Gasteiger partial charge in [-0.25, -0.2) is 10.4 Å². The Kier molecular flexibility index (Phi) is 6.39. The van der Waals surface area contributed by atoms with E-state index in [0.717, 1.165) is 0 Å². The number of rotatable bonds is 6. The second kappa shape index (κ2) is 8.47. The summed E-state index contributed by atoms with van der Waals surface area (Å²) in [5.74, 6) is -0.507. The lowest BCUT2D eigenvalue weighted by molar-refractivity contribution is 0.918. The van der Waals surface area contributed by atoms with Crippen molar-refractivity contribution in [3.8, 4) is 0 Å². The van der Waals surface area contributed by atoms with Crippen LogP contribution in [-0.2, 0) is 0 Å². The molecule has 0 spiro atoms. The van der Waals surface area contributed by atoms with Crippen molar-refractivity contribution in [3.63, 3.8) is 0 Å². The van der Waals surface area contributed by atoms with E-state index in [2.05, 4.69) is 43.8 Å². The molecule has 0 fully saturated rings. The van der Waals surface area contributed by atoms with Crippen LogP contribution in [0.1, 0.15) is 0 Å². The van der Waals surface area contributed by atoms with Crippen LogP contribution in [0.3, 0.4) is 0 Å². The molecule has 24 heavy (non-hydrogen) atoms. The highest BCUT2D eigenvalue weighted by Crippen LogP contribution is 1.98. The van der Waals surface area contributed by atoms with Crippen molar-refractivity contribution in [2.75, 3.05) is 5.43 Å². The quantitative estimate of drug-likeness (QED) is 0.159. The number of hydrazone groups is 1. The summed E-state index contributed by atoms with van der Waals surface area (Å²) in [5, 5.41) is 14.9. The summed E-state index contributed by atoms with van der Waals surface area (Å²) in [6, 6.07) is 0. The summed E-state index contributed by atoms with van der Waals surface area (Å²) in [5.41, 5.74) is 24.5. The normalized spacial score (nSPS) is 13.1. The fourth-order valence-corrected chi connectivity index (χ4v) is 1.25. The Morgan fingerprint density at radius 1 is 1.33 bits per heavy atom. The molecule has 1 aromatic rings. The minimum absolute atomic E-state index is 0.00268. The molecular weight excluding hydrogens is 312 g/mol. The minimum Gasteiger partial charge on any atom is -0.397 e. The SMILES string of the molecule is C=C/C=C\N=C(N)n1cnc(NN=C(C(=C)N)C(N)=NC(=N)N)n1. The number of guanidine groups is 1. The summed E-state index contributed by atoms with van der Waals surface area (Å²) in [6.07, 6.45) is 5.92. The van der Waals surface area contributed by atoms with E-state index in [0.29, 0.717) is 0 Å². The van der Waals surface area contributed by atoms with Crippen LogP contribution in [0.5, 0.6) is 0 Å². The van der Waals surface area contributed by atoms with Crippen molar-refractivity contribution in [1.82, 2.24) is 14.8 Å². The summed E-state index contributed by atoms with van der Waals surface area (Å²) < 4.78 is 1.22. The fourth-order valence-electron chi connectivity index (χ4n) is 1.25. The lowest BCUT2D eigenvalue weighted by Crippen LogP contribution is -2.31. The van der Waals surface area contributed by atoms with E-state index in [-0.39, 0.29) is 29.2 Å². The number of nitrogens with zero attached hydrogens (tertiary/aromatic N) is 6. The van der Waals surface area contributed by atoms with E-state index in [1.807, 2.05) is 0 Å². The van der Waals surface area contributed by atoms with Crippen molar-refractivity contribution >= 4 is 29.4 Å². The zero-order valence-corrected chi connectivity index (χ0v) is 12.7. The first-order valence-corrected chi connectivity index (χ1v) is 6.35. The fraction of sp³-hybridized carbons (Fsp3) is 0. The topological polar surface area (TPSA) is 208 Å². The molecule has 0 unspecified atom stereocenters. The molecule has 0 bridgehead atoms. The maximum absolute atomic E-state index is 7.07. The van der Waals surface area contributed by atoms with Crippen molar-refractivity contribution in [1.29, 1.82) is 5.41 Å². The first kappa shape index (κ1) is 18.1. The molecule has 0 amide bonds. The third-order valence-electron chi connectivity index (χ3n) is 2.21. The molecule has 0 saturated carbocycles. The zero-order valence-electron chi connectivity index (χ0n) is 12.7. The van der Waals surface area contributed by atoms with Crippen molar-refractivity contribution in [3.05, 3.63) is 43.5 Å². The minimum atomic E-state index is -0.500. The molecule has 0 aliphatic rings. The number of anilines is 1. The molecule has 10 N–H and O–H groups in total. The van der Waals surface area contributed by atoms with E-state index >= 15 is 0 Å². The molecule has 0 radical (unpaired) electrons. The molecule has 1 aromatic heterocycles. The highest BCUT2D eigenvalue weighted by atomic mass is 15.5. The monoisotopic (exact) mass is 330 g/mol. The molecule has 0 atom stereocenters. The number of allylic oxidation sites excluding steroid dienone is 2. The number of aliphatic imine (C=N–C) groups is 2. The summed E-state index contributed by atoms with van der Waals surface area (Å²) >= 11 is 0. The van der Waals surface area contributed by atoms with Crippen molar-refractivity contribution in [2.45, 2.75) is 0 Å². The largest absolute Gasteiger partial charge is 0.397 e. The third-order valence-corrected chi connectivity index (χ3v) is 2.21. The molecule has 0 aliphatic carbocycles. The van der Waals surface area contributed by atoms with Gasteiger partial charge in [-0.1, -0.05) is 19.2 Å². The summed E-state index contributed by atoms with van der Waals surface area (Å²) in [4.78, 5) is 11.4. The molecule has 0 aromatic carbocycles. The van der Waals surface area contributed by atoms with E-state index in [4.69, 9.17) is 28.3 Å². The van der Waals surface area contributed by atoms with Gasteiger partial charge in [0.2, 0.25) is 11.9 Å². The number of hydrogen-bond donors (Lipinski definition) is 6. The zero-order chi connectivity index (χ0) is 18.1. The van der Waals surface area contributed by atoms with Gasteiger partial charge in [-0.2, -0.15) is 19.8 Å². The Morgan fingerprint density at radius 2 is 2.04 bits per heavy atom. The molecule has 0 saturated heterocycles. The molecular formula is C12H18N12. The van der Waals surface area contributed by atoms with Gasteiger partial charge in [0.1, 0.15) is 12.0 Å². The van der Waals surface area contributed by atoms with Crippen molar-refractivity contribution < 1.29 is 0 Å². The van der Waals surface area contributed by atoms with E-state index in [1.54, 1.807) is 12.2 Å². The van der Waals surface area contributed by atoms with Crippen LogP contribution in [0.15, 0.2) is 58.6 Å². The second-order valence-electron chi connectivity index (χ2n) is 4.06. The number of nitrogens with two attached hydrogens (primary N) is 4. The van der Waals surface area contributed by atoms with Crippen LogP contribution in [0.2, 0.25) is 0 Å². The molecule has 12 nitrogen and oxygen atoms in total. The highest BCUT2D eigenvalue weighted by molar-refractivity contribution is 6.47. The van der Waals surface area contributed by atoms with E-state index in [9.17, 15) is 0 Å². The van der Waals surface area contributed by atoms with Gasteiger partial charge in [0.25, 0.3) is 5.95 Å². The molecule has 126 valence electrons. The highest BCUT2D eigenvalue weighted by Gasteiger charge is 2.09. The lowest BCUT2D eigenvalue weighted by atomic mass is 10.3. The molecule has 1 heterocycles. The molecule has 1 rings (SSSR count). The van der Waals surface area contributed by atoms with E-state index in [1.165, 1.54) is 17.2 Å². The predicted molar refractivity (Wildman–Crippen MR) is 94.3 cm³/mol. The van der Waals surface area contributed by atoms with Gasteiger partial charge in [-0.15, -0.1) is 5.10 Å². The number of hydrogen-bond acceptors (Lipinski definition) is 7. The van der Waals surface area contributed by atoms with Crippen LogP contribution in [0.25, 0.3) is 0 Å². The van der Waals surface area contributed by atoms with Crippen LogP contribution in [-0.4, -0.2) is 38.2 Å². The third kappa shape index (κ3) is 5.44. The van der Waals surface area contributed by atoms with Crippen molar-refractivity contribution in [2.24, 2.45) is 38.0 Å². The van der Waals surface area contributed by atoms with Gasteiger partial charge < -0.3 is 22.9 Å². The van der Waals surface area contributed by atoms with Crippen LogP contribution >= 0.6 is 0 Å². The molecule has 12 heteroatoms. The van der Waals surface area contributed by atoms with Crippen LogP contribution < -0.4 is 28.4 Å². The second-order valence-corrected chi connectivity index (χ2v) is 4.06. The van der Waals surface area contributed by atoms with E-state index < -0.39 is 5.96 Å². The van der Waals surface area contributed by atoms with Crippen LogP contribution in [0, 0.1) is 5.41 Å². The Morgan fingerprint density at radius 3 is 2.62 bits per heavy atom. The van der Waals surface area contributed by atoms with Gasteiger partial charge >= 0.3 is 0 Å². The first-order chi connectivity index (χ1) is 11.3. The van der Waals surface area contributed by atoms with Gasteiger partial charge in [0.05, 0.1) is 5.70 Å². The summed E-state index contributed by atoms with van der Waals surface area (Å²) in [7, 11) is 0. The number of aromatic nitrogens is 3. The Labute approximate surface area is 137 Å². The predicted octanol–water partition coefficient (Wildman–Crippen LogP) is -1.37. The average Bonchev–Trinajstić information content (AvgIpc) is 2.95. The maximum Gasteiger partial charge on any atom is 0.263 e. The average molecular weight is 330 g/mol.